The number of methoxy groups -OCH3 is 2. The first-order chi connectivity index (χ1) is 15.9. The number of nitrogens with zero attached hydrogens (tertiary/aromatic N) is 3. The van der Waals surface area contributed by atoms with E-state index >= 15 is 0 Å². The topological polar surface area (TPSA) is 87.5 Å². The Bertz CT molecular complexity index is 1120. The number of aromatic nitrogens is 3. The molecule has 9 heteroatoms. The normalized spacial score (nSPS) is 11.7. The van der Waals surface area contributed by atoms with Gasteiger partial charge in [0, 0.05) is 12.6 Å². The maximum Gasteiger partial charge on any atom is 0.234 e. The van der Waals surface area contributed by atoms with Crippen LogP contribution >= 0.6 is 11.8 Å². The Kier molecular flexibility index (Phi) is 8.21. The molecule has 0 aliphatic heterocycles. The van der Waals surface area contributed by atoms with Gasteiger partial charge in [0.05, 0.1) is 25.7 Å². The second-order valence-corrected chi connectivity index (χ2v) is 8.46. The molecule has 1 amide bonds. The van der Waals surface area contributed by atoms with Gasteiger partial charge in [-0.2, -0.15) is 0 Å². The highest BCUT2D eigenvalue weighted by atomic mass is 32.2. The lowest BCUT2D eigenvalue weighted by Crippen LogP contribution is -2.16. The van der Waals surface area contributed by atoms with Crippen LogP contribution < -0.4 is 19.5 Å². The fraction of sp³-hybridized carbons (Fsp3) is 0.375. The van der Waals surface area contributed by atoms with Crippen LogP contribution in [-0.4, -0.2) is 40.6 Å². The summed E-state index contributed by atoms with van der Waals surface area (Å²) in [6.45, 7) is 8.71. The Labute approximate surface area is 198 Å². The lowest BCUT2D eigenvalue weighted by Gasteiger charge is -2.17. The van der Waals surface area contributed by atoms with E-state index in [9.17, 15) is 4.79 Å². The number of nitrogens with one attached hydrogen (secondary N) is 1. The minimum atomic E-state index is -0.289. The number of carbonyl (C=O) groups is 1. The first kappa shape index (κ1) is 24.4. The Morgan fingerprint density at radius 2 is 1.85 bits per heavy atom. The van der Waals surface area contributed by atoms with E-state index in [0.717, 1.165) is 17.1 Å². The van der Waals surface area contributed by atoms with Gasteiger partial charge in [-0.3, -0.25) is 4.79 Å². The maximum atomic E-state index is 12.6. The van der Waals surface area contributed by atoms with Crippen LogP contribution in [-0.2, 0) is 11.3 Å². The lowest BCUT2D eigenvalue weighted by atomic mass is 10.1. The fourth-order valence-electron chi connectivity index (χ4n) is 3.41. The molecule has 176 valence electrons. The summed E-state index contributed by atoms with van der Waals surface area (Å²) in [5.74, 6) is 2.72. The standard InChI is InChI=1S/C24H30N4O4S/c1-7-28-23(17(4)32-20-10-8-15(2)12-16(20)3)26-27-24(28)33-14-22(29)25-19-13-18(30-5)9-11-21(19)31-6/h8-13,17H,7,14H2,1-6H3,(H,25,29). The molecule has 1 heterocycles. The van der Waals surface area contributed by atoms with Gasteiger partial charge in [-0.05, 0) is 51.5 Å². The molecule has 0 aliphatic carbocycles. The van der Waals surface area contributed by atoms with Crippen molar-refractivity contribution >= 4 is 23.4 Å². The summed E-state index contributed by atoms with van der Waals surface area (Å²) in [4.78, 5) is 12.6. The molecule has 0 spiro atoms. The molecular formula is C24H30N4O4S. The first-order valence-electron chi connectivity index (χ1n) is 10.7. The van der Waals surface area contributed by atoms with Gasteiger partial charge in [0.1, 0.15) is 17.2 Å². The number of hydrogen-bond donors (Lipinski definition) is 1. The number of thioether (sulfide) groups is 1. The molecule has 2 aromatic carbocycles. The smallest absolute Gasteiger partial charge is 0.234 e. The minimum Gasteiger partial charge on any atom is -0.497 e. The highest BCUT2D eigenvalue weighted by Gasteiger charge is 2.20. The molecule has 1 unspecified atom stereocenters. The van der Waals surface area contributed by atoms with E-state index in [1.165, 1.54) is 17.3 Å². The van der Waals surface area contributed by atoms with Gasteiger partial charge in [0.2, 0.25) is 5.91 Å². The van der Waals surface area contributed by atoms with Crippen molar-refractivity contribution in [1.82, 2.24) is 14.8 Å². The van der Waals surface area contributed by atoms with Crippen molar-refractivity contribution in [3.05, 3.63) is 53.3 Å². The predicted octanol–water partition coefficient (Wildman–Crippen LogP) is 4.80. The third-order valence-electron chi connectivity index (χ3n) is 5.07. The summed E-state index contributed by atoms with van der Waals surface area (Å²) in [5.41, 5.74) is 2.81. The highest BCUT2D eigenvalue weighted by Crippen LogP contribution is 2.30. The molecule has 3 rings (SSSR count). The summed E-state index contributed by atoms with van der Waals surface area (Å²) >= 11 is 1.32. The zero-order chi connectivity index (χ0) is 24.0. The zero-order valence-electron chi connectivity index (χ0n) is 19.8. The van der Waals surface area contributed by atoms with Gasteiger partial charge in [-0.25, -0.2) is 0 Å². The molecule has 0 aliphatic rings. The maximum absolute atomic E-state index is 12.6. The van der Waals surface area contributed by atoms with Crippen LogP contribution in [0.2, 0.25) is 0 Å². The summed E-state index contributed by atoms with van der Waals surface area (Å²) in [7, 11) is 3.13. The first-order valence-corrected chi connectivity index (χ1v) is 11.7. The number of benzene rings is 2. The monoisotopic (exact) mass is 470 g/mol. The Balaban J connectivity index is 1.67. The van der Waals surface area contributed by atoms with Crippen molar-refractivity contribution in [2.45, 2.75) is 45.5 Å². The Morgan fingerprint density at radius 3 is 2.52 bits per heavy atom. The van der Waals surface area contributed by atoms with Crippen LogP contribution in [0, 0.1) is 13.8 Å². The third-order valence-corrected chi connectivity index (χ3v) is 6.04. The number of aryl methyl sites for hydroxylation is 2. The van der Waals surface area contributed by atoms with Crippen molar-refractivity contribution in [1.29, 1.82) is 0 Å². The van der Waals surface area contributed by atoms with Crippen LogP contribution in [0.3, 0.4) is 0 Å². The van der Waals surface area contributed by atoms with Crippen molar-refractivity contribution in [3.63, 3.8) is 0 Å². The molecule has 0 bridgehead atoms. The number of hydrogen-bond acceptors (Lipinski definition) is 7. The second-order valence-electron chi connectivity index (χ2n) is 7.52. The molecule has 1 aromatic heterocycles. The molecule has 0 saturated heterocycles. The number of amides is 1. The van der Waals surface area contributed by atoms with Crippen LogP contribution in [0.15, 0.2) is 41.6 Å². The van der Waals surface area contributed by atoms with E-state index in [4.69, 9.17) is 14.2 Å². The van der Waals surface area contributed by atoms with Crippen molar-refractivity contribution in [2.75, 3.05) is 25.3 Å². The van der Waals surface area contributed by atoms with Crippen LogP contribution in [0.5, 0.6) is 17.2 Å². The molecule has 1 atom stereocenters. The largest absolute Gasteiger partial charge is 0.497 e. The fourth-order valence-corrected chi connectivity index (χ4v) is 4.22. The Morgan fingerprint density at radius 1 is 1.09 bits per heavy atom. The number of carbonyl (C=O) groups excluding carboxylic acids is 1. The van der Waals surface area contributed by atoms with Crippen molar-refractivity contribution < 1.29 is 19.0 Å². The van der Waals surface area contributed by atoms with Crippen LogP contribution in [0.4, 0.5) is 5.69 Å². The SMILES string of the molecule is CCn1c(SCC(=O)Nc2cc(OC)ccc2OC)nnc1C(C)Oc1ccc(C)cc1C. The van der Waals surface area contributed by atoms with E-state index in [2.05, 4.69) is 28.5 Å². The van der Waals surface area contributed by atoms with E-state index in [1.54, 1.807) is 32.4 Å². The van der Waals surface area contributed by atoms with Gasteiger partial charge in [-0.15, -0.1) is 10.2 Å². The van der Waals surface area contributed by atoms with E-state index in [0.29, 0.717) is 28.9 Å². The van der Waals surface area contributed by atoms with Crippen molar-refractivity contribution in [2.24, 2.45) is 0 Å². The second kappa shape index (κ2) is 11.1. The van der Waals surface area contributed by atoms with Gasteiger partial charge in [0.15, 0.2) is 17.1 Å². The average molecular weight is 471 g/mol. The molecular weight excluding hydrogens is 440 g/mol. The molecule has 33 heavy (non-hydrogen) atoms. The summed E-state index contributed by atoms with van der Waals surface area (Å²) in [6.07, 6.45) is -0.289. The van der Waals surface area contributed by atoms with Gasteiger partial charge >= 0.3 is 0 Å². The Hall–Kier alpha value is -3.20. The highest BCUT2D eigenvalue weighted by molar-refractivity contribution is 7.99. The summed E-state index contributed by atoms with van der Waals surface area (Å²) in [6, 6.07) is 11.3. The predicted molar refractivity (Wildman–Crippen MR) is 130 cm³/mol. The van der Waals surface area contributed by atoms with Crippen LogP contribution in [0.1, 0.15) is 36.9 Å². The van der Waals surface area contributed by atoms with Crippen molar-refractivity contribution in [3.8, 4) is 17.2 Å². The molecule has 0 fully saturated rings. The summed E-state index contributed by atoms with van der Waals surface area (Å²) < 4.78 is 18.7. The summed E-state index contributed by atoms with van der Waals surface area (Å²) in [5, 5.41) is 12.2. The zero-order valence-corrected chi connectivity index (χ0v) is 20.7. The number of ether oxygens (including phenoxy) is 3. The minimum absolute atomic E-state index is 0.171. The van der Waals surface area contributed by atoms with Gasteiger partial charge < -0.3 is 24.1 Å². The molecule has 0 radical (unpaired) electrons. The molecule has 1 N–H and O–H groups in total. The van der Waals surface area contributed by atoms with Crippen LogP contribution in [0.25, 0.3) is 0 Å². The number of anilines is 1. The molecule has 0 saturated carbocycles. The molecule has 8 nitrogen and oxygen atoms in total. The average Bonchev–Trinajstić information content (AvgIpc) is 3.22. The van der Waals surface area contributed by atoms with E-state index in [1.807, 2.05) is 37.5 Å². The van der Waals surface area contributed by atoms with Gasteiger partial charge in [0.25, 0.3) is 0 Å². The quantitative estimate of drug-likeness (QED) is 0.426. The lowest BCUT2D eigenvalue weighted by molar-refractivity contribution is -0.113. The van der Waals surface area contributed by atoms with E-state index in [-0.39, 0.29) is 17.8 Å². The molecule has 3 aromatic rings. The van der Waals surface area contributed by atoms with Gasteiger partial charge in [-0.1, -0.05) is 29.5 Å². The number of rotatable bonds is 10. The van der Waals surface area contributed by atoms with E-state index < -0.39 is 0 Å². The third kappa shape index (κ3) is 5.98.